The number of hydrogen-bond acceptors (Lipinski definition) is 13. The minimum atomic E-state index is -2.22. The third-order valence-electron chi connectivity index (χ3n) is 21.0. The van der Waals surface area contributed by atoms with Crippen LogP contribution in [0.2, 0.25) is 0 Å². The smallest absolute Gasteiger partial charge is 0.338 e. The van der Waals surface area contributed by atoms with Crippen LogP contribution in [0.4, 0.5) is 5.69 Å². The lowest BCUT2D eigenvalue weighted by Gasteiger charge is -2.48. The predicted molar refractivity (Wildman–Crippen MR) is 353 cm³/mol. The first-order valence-corrected chi connectivity index (χ1v) is 33.6. The second-order valence-corrected chi connectivity index (χ2v) is 28.1. The van der Waals surface area contributed by atoms with Crippen molar-refractivity contribution in [3.63, 3.8) is 0 Å². The number of aromatic nitrogens is 2. The minimum Gasteiger partial charge on any atom is -0.494 e. The highest BCUT2D eigenvalue weighted by molar-refractivity contribution is 6.13. The molecule has 4 aliphatic rings. The summed E-state index contributed by atoms with van der Waals surface area (Å²) in [6.07, 6.45) is 13.7. The number of esters is 1. The van der Waals surface area contributed by atoms with Crippen molar-refractivity contribution in [2.75, 3.05) is 31.3 Å². The Hall–Kier alpha value is -7.08. The summed E-state index contributed by atoms with van der Waals surface area (Å²) in [7, 11) is 0. The van der Waals surface area contributed by atoms with E-state index in [0.29, 0.717) is 50.2 Å². The van der Waals surface area contributed by atoms with Crippen molar-refractivity contribution in [1.82, 2.24) is 14.0 Å². The molecule has 6 aromatic rings. The Morgan fingerprint density at radius 2 is 1.11 bits per heavy atom. The first-order chi connectivity index (χ1) is 43.3. The second kappa shape index (κ2) is 26.9. The van der Waals surface area contributed by atoms with Crippen LogP contribution in [0, 0.1) is 23.7 Å². The van der Waals surface area contributed by atoms with Crippen LogP contribution in [0.3, 0.4) is 0 Å². The predicted octanol–water partition coefficient (Wildman–Crippen LogP) is 12.2. The van der Waals surface area contributed by atoms with Crippen molar-refractivity contribution in [3.05, 3.63) is 143 Å². The summed E-state index contributed by atoms with van der Waals surface area (Å²) in [5.74, 6) is -4.69. The van der Waals surface area contributed by atoms with Crippen LogP contribution in [0.1, 0.15) is 212 Å². The molecule has 2 aliphatic carbocycles. The van der Waals surface area contributed by atoms with Crippen molar-refractivity contribution in [3.8, 4) is 11.4 Å². The van der Waals surface area contributed by atoms with Crippen LogP contribution in [0.5, 0.6) is 5.75 Å². The minimum absolute atomic E-state index is 0.0118. The molecule has 2 saturated heterocycles. The lowest BCUT2D eigenvalue weighted by Crippen LogP contribution is -2.61. The van der Waals surface area contributed by atoms with Crippen LogP contribution in [-0.4, -0.2) is 87.1 Å². The maximum Gasteiger partial charge on any atom is 0.338 e. The molecule has 7 atom stereocenters. The standard InChI is InChI=1S/C74H94N4O13/c1-12-16-18-20-35-88-52-31-27-45(28-32-52)46-29-33-53(34-30-46)89-36-22-23-38-91-70(86)47-39-49(42-51(40-47)75-62(79)54-43-56-57(44-55(54)63(75)80)65(82)77(64(56)81)72(8,9)14-3)74(11,87)73(10,15-4)78-67(84)58-59-61(60(58)68(78)85)69(90-37-21-19-17-13-2)76(66(59)83)50-26-24-25-48(41-50)71(5,6)7/h24-26,29-30,33-34,39-45,52,58-61,69,87H,12-23,27-28,31-32,35-38H2,1-11H3. The van der Waals surface area contributed by atoms with Gasteiger partial charge in [-0.3, -0.25) is 47.9 Å². The fraction of sp³-hybridized carbons (Fsp3) is 0.568. The Labute approximate surface area is 534 Å². The number of likely N-dealkylation sites (tertiary alicyclic amines) is 1. The highest BCUT2D eigenvalue weighted by atomic mass is 16.5. The number of hydrogen-bond donors (Lipinski definition) is 1. The number of nitrogens with zero attached hydrogens (tertiary/aromatic N) is 4. The van der Waals surface area contributed by atoms with Crippen LogP contribution < -0.4 is 31.9 Å². The molecule has 2 aliphatic heterocycles. The van der Waals surface area contributed by atoms with Gasteiger partial charge >= 0.3 is 5.97 Å². The van der Waals surface area contributed by atoms with E-state index in [-0.39, 0.29) is 62.7 Å². The van der Waals surface area contributed by atoms with Crippen molar-refractivity contribution < 1.29 is 43.2 Å². The summed E-state index contributed by atoms with van der Waals surface area (Å²) in [5, 5.41) is 13.0. The van der Waals surface area contributed by atoms with Gasteiger partial charge in [0, 0.05) is 30.4 Å². The van der Waals surface area contributed by atoms with Crippen LogP contribution in [0.25, 0.3) is 27.2 Å². The number of unbranched alkanes of at least 4 members (excludes halogenated alkanes) is 7. The van der Waals surface area contributed by atoms with Gasteiger partial charge in [-0.2, -0.15) is 0 Å². The molecule has 488 valence electrons. The molecule has 3 amide bonds. The molecule has 0 spiro atoms. The van der Waals surface area contributed by atoms with Gasteiger partial charge in [-0.05, 0) is 175 Å². The van der Waals surface area contributed by atoms with E-state index in [4.69, 9.17) is 18.9 Å². The molecule has 17 nitrogen and oxygen atoms in total. The topological polar surface area (TPSA) is 210 Å². The number of anilines is 1. The van der Waals surface area contributed by atoms with Crippen molar-refractivity contribution in [2.24, 2.45) is 23.7 Å². The number of amides is 3. The molecule has 0 bridgehead atoms. The van der Waals surface area contributed by atoms with Crippen LogP contribution in [0.15, 0.2) is 98.0 Å². The molecule has 4 heterocycles. The van der Waals surface area contributed by atoms with E-state index in [1.807, 2.05) is 43.3 Å². The van der Waals surface area contributed by atoms with Crippen molar-refractivity contribution in [1.29, 1.82) is 0 Å². The zero-order chi connectivity index (χ0) is 65.5. The normalized spacial score (nSPS) is 22.3. The lowest BCUT2D eigenvalue weighted by atomic mass is 9.58. The molecule has 4 aromatic carbocycles. The van der Waals surface area contributed by atoms with Gasteiger partial charge in [-0.1, -0.05) is 111 Å². The molecule has 17 heteroatoms. The van der Waals surface area contributed by atoms with Gasteiger partial charge in [-0.25, -0.2) is 9.36 Å². The summed E-state index contributed by atoms with van der Waals surface area (Å²) in [4.78, 5) is 120. The number of aliphatic hydroxyl groups is 1. The van der Waals surface area contributed by atoms with E-state index in [2.05, 4.69) is 46.8 Å². The summed E-state index contributed by atoms with van der Waals surface area (Å²) in [6, 6.07) is 22.5. The number of rotatable bonds is 28. The zero-order valence-corrected chi connectivity index (χ0v) is 55.3. The Bertz CT molecular complexity index is 3810. The highest BCUT2D eigenvalue weighted by Gasteiger charge is 2.75. The molecule has 10 rings (SSSR count). The fourth-order valence-corrected chi connectivity index (χ4v) is 14.7. The van der Waals surface area contributed by atoms with Gasteiger partial charge in [0.05, 0.1) is 75.4 Å². The zero-order valence-electron chi connectivity index (χ0n) is 55.3. The van der Waals surface area contributed by atoms with Gasteiger partial charge in [0.1, 0.15) is 17.6 Å². The van der Waals surface area contributed by atoms with Gasteiger partial charge < -0.3 is 24.1 Å². The van der Waals surface area contributed by atoms with Crippen molar-refractivity contribution in [2.45, 2.75) is 219 Å². The molecule has 2 aromatic heterocycles. The number of ether oxygens (including phenoxy) is 4. The number of benzene rings is 4. The number of carbonyl (C=O) groups is 4. The molecule has 1 N–H and O–H groups in total. The van der Waals surface area contributed by atoms with Gasteiger partial charge in [-0.15, -0.1) is 0 Å². The van der Waals surface area contributed by atoms with Gasteiger partial charge in [0.15, 0.2) is 0 Å². The fourth-order valence-electron chi connectivity index (χ4n) is 14.7. The lowest BCUT2D eigenvalue weighted by molar-refractivity contribution is -0.162. The molecule has 4 fully saturated rings. The average molecular weight is 1250 g/mol. The Balaban J connectivity index is 0.912. The third-order valence-corrected chi connectivity index (χ3v) is 21.0. The molecular formula is C74H94N4O13. The average Bonchev–Trinajstić information content (AvgIpc) is 1.52. The molecular weight excluding hydrogens is 1150 g/mol. The van der Waals surface area contributed by atoms with E-state index >= 15 is 9.59 Å². The first-order valence-electron chi connectivity index (χ1n) is 33.6. The maximum absolute atomic E-state index is 15.4. The highest BCUT2D eigenvalue weighted by Crippen LogP contribution is 2.61. The molecule has 2 saturated carbocycles. The largest absolute Gasteiger partial charge is 0.494 e. The number of fused-ring (bicyclic) bond motifs is 6. The number of imide groups is 1. The Morgan fingerprint density at radius 1 is 0.549 bits per heavy atom. The summed E-state index contributed by atoms with van der Waals surface area (Å²) in [5.41, 5.74) is -5.40. The summed E-state index contributed by atoms with van der Waals surface area (Å²) in [6.45, 7) is 22.2. The molecule has 0 radical (unpaired) electrons. The van der Waals surface area contributed by atoms with Crippen molar-refractivity contribution >= 4 is 50.9 Å². The van der Waals surface area contributed by atoms with Gasteiger partial charge in [0.2, 0.25) is 17.7 Å². The third kappa shape index (κ3) is 12.4. The molecule has 91 heavy (non-hydrogen) atoms. The van der Waals surface area contributed by atoms with Crippen LogP contribution in [-0.2, 0) is 45.1 Å². The first kappa shape index (κ1) is 66.8. The monoisotopic (exact) mass is 1250 g/mol. The quantitative estimate of drug-likeness (QED) is 0.0276. The van der Waals surface area contributed by atoms with E-state index in [9.17, 15) is 33.9 Å². The number of carbonyl (C=O) groups excluding carboxylic acids is 4. The summed E-state index contributed by atoms with van der Waals surface area (Å²) < 4.78 is 26.8. The SMILES string of the molecule is CCCCCCOC1CCC(c2ccc(OCCCCOC(=O)c3cc(-n4c(=O)c5cc6c(=O)n(C(C)(C)CC)c(=O)c6cc5c4=O)cc(C(C)(O)C(C)(CC)N4C(=O)C5C6C(=O)N(c7cccc(C(C)(C)C)c7)C(OCCCCCC)C6C5C4=O)c3)cc2)CC1. The Kier molecular flexibility index (Phi) is 19.7. The van der Waals surface area contributed by atoms with Gasteiger partial charge in [0.25, 0.3) is 22.2 Å². The maximum atomic E-state index is 15.4. The summed E-state index contributed by atoms with van der Waals surface area (Å²) >= 11 is 0. The Morgan fingerprint density at radius 3 is 1.70 bits per heavy atom. The molecule has 7 unspecified atom stereocenters. The van der Waals surface area contributed by atoms with E-state index in [0.717, 1.165) is 89.7 Å². The van der Waals surface area contributed by atoms with E-state index < -0.39 is 86.6 Å². The second-order valence-electron chi connectivity index (χ2n) is 28.1. The van der Waals surface area contributed by atoms with E-state index in [1.54, 1.807) is 32.6 Å². The van der Waals surface area contributed by atoms with E-state index in [1.165, 1.54) is 62.1 Å². The van der Waals surface area contributed by atoms with Crippen LogP contribution >= 0.6 is 0 Å².